The van der Waals surface area contributed by atoms with Gasteiger partial charge < -0.3 is 25.8 Å². The Morgan fingerprint density at radius 2 is 1.70 bits per heavy atom. The summed E-state index contributed by atoms with van der Waals surface area (Å²) in [6.45, 7) is 2.11. The molecule has 2 aromatic carbocycles. The van der Waals surface area contributed by atoms with E-state index in [4.69, 9.17) is 4.52 Å². The number of alkyl halides is 3. The first-order valence-electron chi connectivity index (χ1n) is 12.8. The van der Waals surface area contributed by atoms with Crippen molar-refractivity contribution in [2.24, 2.45) is 5.92 Å². The van der Waals surface area contributed by atoms with Crippen LogP contribution in [0.2, 0.25) is 0 Å². The molecule has 3 aromatic rings. The second kappa shape index (κ2) is 12.6. The van der Waals surface area contributed by atoms with Crippen molar-refractivity contribution < 1.29 is 36.8 Å². The molecule has 0 radical (unpaired) electrons. The number of carbonyl (C=O) groups excluding carboxylic acids is 3. The summed E-state index contributed by atoms with van der Waals surface area (Å²) >= 11 is 0. The van der Waals surface area contributed by atoms with Crippen molar-refractivity contribution in [1.82, 2.24) is 10.6 Å². The van der Waals surface area contributed by atoms with Crippen molar-refractivity contribution in [1.29, 1.82) is 0 Å². The van der Waals surface area contributed by atoms with E-state index in [1.165, 1.54) is 19.2 Å². The Labute approximate surface area is 228 Å². The molecule has 0 unspecified atom stereocenters. The molecular formula is C27H29F3N6O4. The number of hydrogen-bond donors (Lipinski definition) is 3. The van der Waals surface area contributed by atoms with Gasteiger partial charge in [-0.25, -0.2) is 0 Å². The quantitative estimate of drug-likeness (QED) is 0.324. The maximum Gasteiger partial charge on any atom is 0.416 e. The number of amides is 4. The van der Waals surface area contributed by atoms with Crippen LogP contribution in [-0.2, 0) is 22.2 Å². The molecule has 1 fully saturated rings. The van der Waals surface area contributed by atoms with E-state index in [0.717, 1.165) is 37.8 Å². The molecular weight excluding hydrogens is 529 g/mol. The molecule has 4 rings (SSSR count). The summed E-state index contributed by atoms with van der Waals surface area (Å²) in [6, 6.07) is 10.6. The summed E-state index contributed by atoms with van der Waals surface area (Å²) in [6.07, 6.45) is 0.0893. The number of urea groups is 1. The summed E-state index contributed by atoms with van der Waals surface area (Å²) in [5.74, 6) is -0.307. The maximum absolute atomic E-state index is 13.5. The molecule has 1 aliphatic rings. The zero-order chi connectivity index (χ0) is 28.7. The van der Waals surface area contributed by atoms with Crippen LogP contribution < -0.4 is 20.6 Å². The molecule has 40 heavy (non-hydrogen) atoms. The van der Waals surface area contributed by atoms with Crippen molar-refractivity contribution in [3.05, 3.63) is 71.2 Å². The minimum Gasteiger partial charge on any atom is -0.424 e. The number of benzene rings is 2. The lowest BCUT2D eigenvalue weighted by Crippen LogP contribution is -2.43. The minimum atomic E-state index is -4.71. The van der Waals surface area contributed by atoms with Gasteiger partial charge in [-0.2, -0.15) is 13.2 Å². The summed E-state index contributed by atoms with van der Waals surface area (Å²) in [5, 5.41) is 15.3. The first-order chi connectivity index (χ1) is 19.0. The number of anilines is 2. The molecule has 212 valence electrons. The number of nitrogens with one attached hydrogen (secondary N) is 3. The number of aromatic nitrogens is 2. The summed E-state index contributed by atoms with van der Waals surface area (Å²) < 4.78 is 47.2. The average molecular weight is 559 g/mol. The minimum absolute atomic E-state index is 0.0312. The Balaban J connectivity index is 1.36. The number of hydrogen-bond acceptors (Lipinski definition) is 5. The highest BCUT2D eigenvalue weighted by atomic mass is 19.4. The Bertz CT molecular complexity index is 1340. The standard InChI is InChI=1S/C27H29F3N6O4/c1-17(37)31-15-19-7-9-23(10-8-19)36-16-25(40-35-36)34-26(39)33-22-13-20(27(28,29)30)12-21(14-22)32-24(38)11-18-5-3-2-4-6-18/h2-6,12-14,16,19,23H,7-11,15H2,1H3,(H3-,31,32,33,34,35,37,38,39). The van der Waals surface area contributed by atoms with Crippen LogP contribution in [0.25, 0.3) is 5.32 Å². The van der Waals surface area contributed by atoms with Crippen LogP contribution in [0, 0.1) is 5.92 Å². The molecule has 0 saturated heterocycles. The third kappa shape index (κ3) is 8.29. The van der Waals surface area contributed by atoms with Crippen molar-refractivity contribution in [2.75, 3.05) is 17.2 Å². The number of rotatable bonds is 8. The van der Waals surface area contributed by atoms with E-state index in [2.05, 4.69) is 26.5 Å². The topological polar surface area (TPSA) is 131 Å². The number of carbonyl (C=O) groups is 3. The van der Waals surface area contributed by atoms with E-state index in [-0.39, 0.29) is 35.6 Å². The molecule has 3 N–H and O–H groups in total. The lowest BCUT2D eigenvalue weighted by atomic mass is 9.86. The van der Waals surface area contributed by atoms with Crippen LogP contribution in [0.15, 0.2) is 59.3 Å². The average Bonchev–Trinajstić information content (AvgIpc) is 3.35. The Morgan fingerprint density at radius 3 is 2.35 bits per heavy atom. The third-order valence-electron chi connectivity index (χ3n) is 6.52. The van der Waals surface area contributed by atoms with Crippen molar-refractivity contribution in [3.8, 4) is 0 Å². The molecule has 0 bridgehead atoms. The number of nitrogens with zero attached hydrogens (tertiary/aromatic N) is 3. The SMILES string of the molecule is CC(=O)NCC1CCC([n+]2cc([N-]C(=O)Nc3cc(NC(=O)Cc4ccccc4)cc(C(F)(F)F)c3)on2)CC1. The van der Waals surface area contributed by atoms with Gasteiger partial charge in [-0.15, -0.1) is 0 Å². The summed E-state index contributed by atoms with van der Waals surface area (Å²) in [4.78, 5) is 36.0. The van der Waals surface area contributed by atoms with E-state index in [0.29, 0.717) is 18.0 Å². The van der Waals surface area contributed by atoms with Crippen LogP contribution in [0.4, 0.5) is 35.2 Å². The Hall–Kier alpha value is -4.42. The van der Waals surface area contributed by atoms with E-state index in [1.807, 2.05) is 0 Å². The van der Waals surface area contributed by atoms with Crippen LogP contribution in [0.5, 0.6) is 0 Å². The number of halogens is 3. The van der Waals surface area contributed by atoms with E-state index < -0.39 is 23.7 Å². The second-order valence-electron chi connectivity index (χ2n) is 9.68. The summed E-state index contributed by atoms with van der Waals surface area (Å²) in [5.41, 5.74) is -0.685. The third-order valence-corrected chi connectivity index (χ3v) is 6.52. The molecule has 1 saturated carbocycles. The monoisotopic (exact) mass is 558 g/mol. The first-order valence-corrected chi connectivity index (χ1v) is 12.8. The molecule has 0 atom stereocenters. The fourth-order valence-electron chi connectivity index (χ4n) is 4.55. The lowest BCUT2D eigenvalue weighted by molar-refractivity contribution is -0.787. The van der Waals surface area contributed by atoms with E-state index in [1.54, 1.807) is 35.0 Å². The largest absolute Gasteiger partial charge is 0.424 e. The van der Waals surface area contributed by atoms with Crippen molar-refractivity contribution >= 4 is 35.1 Å². The van der Waals surface area contributed by atoms with Crippen molar-refractivity contribution in [3.63, 3.8) is 0 Å². The predicted octanol–water partition coefficient (Wildman–Crippen LogP) is 5.27. The van der Waals surface area contributed by atoms with Gasteiger partial charge in [0.25, 0.3) is 0 Å². The molecule has 1 aromatic heterocycles. The summed E-state index contributed by atoms with van der Waals surface area (Å²) in [7, 11) is 0. The Morgan fingerprint density at radius 1 is 1.02 bits per heavy atom. The molecule has 1 heterocycles. The smallest absolute Gasteiger partial charge is 0.416 e. The van der Waals surface area contributed by atoms with Gasteiger partial charge in [0, 0.05) is 32.0 Å². The maximum atomic E-state index is 13.5. The molecule has 13 heteroatoms. The van der Waals surface area contributed by atoms with Gasteiger partial charge in [0.15, 0.2) is 17.3 Å². The van der Waals surface area contributed by atoms with Gasteiger partial charge in [0.2, 0.25) is 23.9 Å². The molecule has 0 spiro atoms. The highest BCUT2D eigenvalue weighted by molar-refractivity contribution is 6.04. The zero-order valence-electron chi connectivity index (χ0n) is 21.7. The van der Waals surface area contributed by atoms with Crippen molar-refractivity contribution in [2.45, 2.75) is 51.2 Å². The van der Waals surface area contributed by atoms with Crippen LogP contribution in [0.3, 0.4) is 0 Å². The van der Waals surface area contributed by atoms with Gasteiger partial charge in [0.05, 0.1) is 12.0 Å². The highest BCUT2D eigenvalue weighted by Crippen LogP contribution is 2.34. The Kier molecular flexibility index (Phi) is 9.02. The van der Waals surface area contributed by atoms with Gasteiger partial charge in [-0.3, -0.25) is 14.4 Å². The predicted molar refractivity (Wildman–Crippen MR) is 139 cm³/mol. The van der Waals surface area contributed by atoms with Crippen LogP contribution >= 0.6 is 0 Å². The molecule has 10 nitrogen and oxygen atoms in total. The normalized spacial score (nSPS) is 17.1. The molecule has 1 aliphatic carbocycles. The molecule has 4 amide bonds. The second-order valence-corrected chi connectivity index (χ2v) is 9.68. The zero-order valence-corrected chi connectivity index (χ0v) is 21.7. The van der Waals surface area contributed by atoms with Gasteiger partial charge in [0.1, 0.15) is 0 Å². The van der Waals surface area contributed by atoms with Crippen LogP contribution in [0.1, 0.15) is 49.8 Å². The van der Waals surface area contributed by atoms with E-state index >= 15 is 0 Å². The fourth-order valence-corrected chi connectivity index (χ4v) is 4.55. The fraction of sp³-hybridized carbons (Fsp3) is 0.370. The van der Waals surface area contributed by atoms with E-state index in [9.17, 15) is 27.6 Å². The van der Waals surface area contributed by atoms with Gasteiger partial charge in [-0.1, -0.05) is 35.0 Å². The molecule has 0 aliphatic heterocycles. The highest BCUT2D eigenvalue weighted by Gasteiger charge is 2.32. The van der Waals surface area contributed by atoms with Crippen LogP contribution in [-0.4, -0.2) is 29.7 Å². The lowest BCUT2D eigenvalue weighted by Gasteiger charge is -2.23. The first kappa shape index (κ1) is 28.6. The van der Waals surface area contributed by atoms with Gasteiger partial charge >= 0.3 is 6.18 Å². The van der Waals surface area contributed by atoms with Gasteiger partial charge in [-0.05, 0) is 48.2 Å².